The number of nitrogens with zero attached hydrogens (tertiary/aromatic N) is 3. The van der Waals surface area contributed by atoms with Crippen LogP contribution < -0.4 is 21.7 Å². The maximum Gasteiger partial charge on any atom is 0.271 e. The van der Waals surface area contributed by atoms with Crippen molar-refractivity contribution in [3.05, 3.63) is 103 Å². The van der Waals surface area contributed by atoms with Crippen LogP contribution in [0.5, 0.6) is 0 Å². The Morgan fingerprint density at radius 2 is 1.58 bits per heavy atom. The van der Waals surface area contributed by atoms with Crippen LogP contribution in [0.15, 0.2) is 65.4 Å². The highest BCUT2D eigenvalue weighted by molar-refractivity contribution is 7.10. The van der Waals surface area contributed by atoms with Gasteiger partial charge in [0.15, 0.2) is 0 Å². The van der Waals surface area contributed by atoms with Gasteiger partial charge in [-0.2, -0.15) is 0 Å². The van der Waals surface area contributed by atoms with Crippen LogP contribution in [-0.2, 0) is 17.6 Å². The molecule has 11 nitrogen and oxygen atoms in total. The molecular formula is C34H40ClN7O4S2. The van der Waals surface area contributed by atoms with E-state index in [9.17, 15) is 19.2 Å². The van der Waals surface area contributed by atoms with E-state index in [0.29, 0.717) is 41.4 Å². The maximum atomic E-state index is 13.7. The lowest BCUT2D eigenvalue weighted by molar-refractivity contribution is -0.122. The second-order valence-electron chi connectivity index (χ2n) is 11.7. The summed E-state index contributed by atoms with van der Waals surface area (Å²) in [5.41, 5.74) is 8.62. The van der Waals surface area contributed by atoms with E-state index in [1.54, 1.807) is 22.9 Å². The van der Waals surface area contributed by atoms with Gasteiger partial charge in [-0.15, -0.1) is 35.1 Å². The monoisotopic (exact) mass is 709 g/mol. The van der Waals surface area contributed by atoms with Gasteiger partial charge in [-0.05, 0) is 55.0 Å². The van der Waals surface area contributed by atoms with E-state index >= 15 is 0 Å². The number of aromatic nitrogens is 2. The van der Waals surface area contributed by atoms with Crippen molar-refractivity contribution >= 4 is 58.7 Å². The average molecular weight is 710 g/mol. The first-order valence-corrected chi connectivity index (χ1v) is 17.4. The van der Waals surface area contributed by atoms with Crippen molar-refractivity contribution in [3.8, 4) is 0 Å². The number of rotatable bonds is 6. The van der Waals surface area contributed by atoms with Crippen molar-refractivity contribution in [1.82, 2.24) is 30.8 Å². The predicted octanol–water partition coefficient (Wildman–Crippen LogP) is 4.33. The molecule has 4 bridgehead atoms. The highest BCUT2D eigenvalue weighted by atomic mass is 35.5. The van der Waals surface area contributed by atoms with Crippen molar-refractivity contribution in [2.45, 2.75) is 45.2 Å². The lowest BCUT2D eigenvalue weighted by Gasteiger charge is -2.24. The summed E-state index contributed by atoms with van der Waals surface area (Å²) in [6.07, 6.45) is 1.56. The molecule has 14 heteroatoms. The number of nitrogens with two attached hydrogens (primary N) is 1. The summed E-state index contributed by atoms with van der Waals surface area (Å²) in [6, 6.07) is 16.0. The second kappa shape index (κ2) is 17.3. The minimum atomic E-state index is -0.535. The van der Waals surface area contributed by atoms with Gasteiger partial charge in [0.1, 0.15) is 21.4 Å². The molecule has 48 heavy (non-hydrogen) atoms. The van der Waals surface area contributed by atoms with E-state index in [1.165, 1.54) is 27.6 Å². The SMILES string of the molecule is CC(C)[C@@H]1NC(=O)c2csc(n2)C(Cc2ccccc2)NC(=O)CN(C(=O)c2ccc(CCN)cc2)CCCNC(=O)c2csc1n2.Cl. The van der Waals surface area contributed by atoms with Crippen LogP contribution in [0.25, 0.3) is 0 Å². The first kappa shape index (κ1) is 36.7. The summed E-state index contributed by atoms with van der Waals surface area (Å²) in [5.74, 6) is -1.38. The largest absolute Gasteiger partial charge is 0.351 e. The van der Waals surface area contributed by atoms with Gasteiger partial charge in [0, 0.05) is 29.4 Å². The first-order chi connectivity index (χ1) is 22.7. The molecule has 0 aliphatic carbocycles. The Labute approximate surface area is 294 Å². The minimum absolute atomic E-state index is 0. The van der Waals surface area contributed by atoms with Crippen LogP contribution >= 0.6 is 35.1 Å². The molecule has 1 unspecified atom stereocenters. The zero-order valence-corrected chi connectivity index (χ0v) is 29.3. The van der Waals surface area contributed by atoms with Gasteiger partial charge in [-0.3, -0.25) is 19.2 Å². The number of hydrogen-bond donors (Lipinski definition) is 4. The summed E-state index contributed by atoms with van der Waals surface area (Å²) < 4.78 is 0. The second-order valence-corrected chi connectivity index (χ2v) is 13.5. The number of carbonyl (C=O) groups excluding carboxylic acids is 4. The summed E-state index contributed by atoms with van der Waals surface area (Å²) in [4.78, 5) is 64.4. The Bertz CT molecular complexity index is 1690. The Morgan fingerprint density at radius 3 is 2.27 bits per heavy atom. The van der Waals surface area contributed by atoms with Crippen molar-refractivity contribution < 1.29 is 19.2 Å². The Kier molecular flexibility index (Phi) is 13.2. The fourth-order valence-corrected chi connectivity index (χ4v) is 7.13. The molecule has 0 radical (unpaired) electrons. The van der Waals surface area contributed by atoms with Crippen LogP contribution in [0, 0.1) is 5.92 Å². The van der Waals surface area contributed by atoms with Gasteiger partial charge in [0.25, 0.3) is 17.7 Å². The molecule has 0 saturated heterocycles. The molecule has 1 aliphatic rings. The molecule has 5 rings (SSSR count). The zero-order chi connectivity index (χ0) is 33.3. The number of fused-ring (bicyclic) bond motifs is 4. The van der Waals surface area contributed by atoms with Crippen LogP contribution in [0.3, 0.4) is 0 Å². The van der Waals surface area contributed by atoms with E-state index in [4.69, 9.17) is 5.73 Å². The van der Waals surface area contributed by atoms with Crippen LogP contribution in [0.2, 0.25) is 0 Å². The third-order valence-corrected chi connectivity index (χ3v) is 9.68. The van der Waals surface area contributed by atoms with Crippen molar-refractivity contribution in [3.63, 3.8) is 0 Å². The lowest BCUT2D eigenvalue weighted by atomic mass is 10.0. The summed E-state index contributed by atoms with van der Waals surface area (Å²) >= 11 is 2.60. The molecule has 2 aromatic carbocycles. The van der Waals surface area contributed by atoms with Crippen molar-refractivity contribution in [2.24, 2.45) is 11.7 Å². The molecule has 0 fully saturated rings. The van der Waals surface area contributed by atoms with Crippen molar-refractivity contribution in [2.75, 3.05) is 26.2 Å². The van der Waals surface area contributed by atoms with E-state index in [0.717, 1.165) is 11.1 Å². The molecule has 0 spiro atoms. The van der Waals surface area contributed by atoms with E-state index in [-0.39, 0.29) is 73.0 Å². The average Bonchev–Trinajstić information content (AvgIpc) is 3.76. The Hall–Kier alpha value is -4.17. The van der Waals surface area contributed by atoms with E-state index in [1.807, 2.05) is 56.3 Å². The molecule has 0 saturated carbocycles. The maximum absolute atomic E-state index is 13.7. The summed E-state index contributed by atoms with van der Waals surface area (Å²) in [7, 11) is 0. The molecule has 1 aliphatic heterocycles. The van der Waals surface area contributed by atoms with Crippen LogP contribution in [0.1, 0.15) is 84.8 Å². The predicted molar refractivity (Wildman–Crippen MR) is 190 cm³/mol. The Morgan fingerprint density at radius 1 is 0.917 bits per heavy atom. The van der Waals surface area contributed by atoms with Gasteiger partial charge in [-0.25, -0.2) is 9.97 Å². The molecule has 2 aromatic heterocycles. The molecular weight excluding hydrogens is 670 g/mol. The highest BCUT2D eigenvalue weighted by Gasteiger charge is 2.27. The number of nitrogens with one attached hydrogen (secondary N) is 3. The van der Waals surface area contributed by atoms with E-state index in [2.05, 4.69) is 25.9 Å². The molecule has 5 N–H and O–H groups in total. The smallest absolute Gasteiger partial charge is 0.271 e. The highest BCUT2D eigenvalue weighted by Crippen LogP contribution is 2.27. The quantitative estimate of drug-likeness (QED) is 0.232. The zero-order valence-electron chi connectivity index (χ0n) is 26.8. The number of carbonyl (C=O) groups is 4. The number of hydrogen-bond acceptors (Lipinski definition) is 9. The topological polar surface area (TPSA) is 159 Å². The molecule has 254 valence electrons. The van der Waals surface area contributed by atoms with Crippen LogP contribution in [0.4, 0.5) is 0 Å². The fourth-order valence-electron chi connectivity index (χ4n) is 5.26. The summed E-state index contributed by atoms with van der Waals surface area (Å²) in [5, 5.41) is 13.5. The van der Waals surface area contributed by atoms with Gasteiger partial charge >= 0.3 is 0 Å². The van der Waals surface area contributed by atoms with Gasteiger partial charge in [0.2, 0.25) is 5.91 Å². The molecule has 2 atom stereocenters. The van der Waals surface area contributed by atoms with Gasteiger partial charge in [-0.1, -0.05) is 56.3 Å². The normalized spacial score (nSPS) is 17.7. The summed E-state index contributed by atoms with van der Waals surface area (Å²) in [6.45, 7) is 4.75. The molecule has 4 aromatic rings. The Balaban J connectivity index is 0.00000520. The third kappa shape index (κ3) is 9.47. The first-order valence-electron chi connectivity index (χ1n) is 15.6. The lowest BCUT2D eigenvalue weighted by Crippen LogP contribution is -2.43. The third-order valence-electron chi connectivity index (χ3n) is 7.79. The minimum Gasteiger partial charge on any atom is -0.351 e. The molecule has 3 heterocycles. The molecule has 4 amide bonds. The van der Waals surface area contributed by atoms with Gasteiger partial charge < -0.3 is 26.6 Å². The number of halogens is 1. The van der Waals surface area contributed by atoms with Gasteiger partial charge in [0.05, 0.1) is 18.6 Å². The fraction of sp³-hybridized carbons (Fsp3) is 0.353. The van der Waals surface area contributed by atoms with Crippen molar-refractivity contribution in [1.29, 1.82) is 0 Å². The number of benzene rings is 2. The standard InChI is InChI=1S/C34H39N7O4S2.ClH/c1-21(2)29-33-39-26(19-47-33)30(43)36-15-6-16-41(34(45)24-11-9-22(10-12-24)13-14-35)18-28(42)37-25(17-23-7-4-3-5-8-23)32-38-27(20-46-32)31(44)40-29;/h3-5,7-12,19-21,25,29H,6,13-18,35H2,1-2H3,(H,36,43)(H,37,42)(H,40,44);1H/t25?,29-;/m0./s1. The number of thiazole rings is 2. The van der Waals surface area contributed by atoms with Crippen LogP contribution in [-0.4, -0.2) is 64.7 Å². The number of amides is 4. The van der Waals surface area contributed by atoms with E-state index < -0.39 is 12.1 Å².